The molecule has 0 aliphatic carbocycles. The minimum Gasteiger partial charge on any atom is -1.00 e. The summed E-state index contributed by atoms with van der Waals surface area (Å²) in [5.41, 5.74) is 0. The molecule has 0 aliphatic heterocycles. The molecule has 0 heterocycles. The third kappa shape index (κ3) is 13.2. The Morgan fingerprint density at radius 3 is 0.773 bits per heavy atom. The molecule has 0 aromatic rings. The van der Waals surface area contributed by atoms with E-state index in [0.717, 1.165) is 23.7 Å². The third-order valence-electron chi connectivity index (χ3n) is 4.72. The molecule has 22 heavy (non-hydrogen) atoms. The smallest absolute Gasteiger partial charge is 0.0789 e. The normalized spacial score (nSPS) is 12.5. The van der Waals surface area contributed by atoms with E-state index in [2.05, 4.69) is 55.4 Å². The summed E-state index contributed by atoms with van der Waals surface area (Å²) in [4.78, 5) is 0. The minimum atomic E-state index is 0. The second-order valence-corrected chi connectivity index (χ2v) is 8.97. The third-order valence-corrected chi connectivity index (χ3v) is 4.72. The second-order valence-electron chi connectivity index (χ2n) is 8.97. The average Bonchev–Trinajstić information content (AvgIpc) is 2.36. The van der Waals surface area contributed by atoms with E-state index in [4.69, 9.17) is 0 Å². The topological polar surface area (TPSA) is 0 Å². The van der Waals surface area contributed by atoms with Gasteiger partial charge >= 0.3 is 0 Å². The van der Waals surface area contributed by atoms with Crippen molar-refractivity contribution in [2.75, 3.05) is 26.2 Å². The molecule has 136 valence electrons. The van der Waals surface area contributed by atoms with Crippen molar-refractivity contribution in [3.05, 3.63) is 0 Å². The van der Waals surface area contributed by atoms with Gasteiger partial charge in [-0.25, -0.2) is 0 Å². The van der Waals surface area contributed by atoms with E-state index in [9.17, 15) is 0 Å². The van der Waals surface area contributed by atoms with Crippen molar-refractivity contribution in [2.24, 2.45) is 23.7 Å². The Morgan fingerprint density at radius 1 is 0.455 bits per heavy atom. The summed E-state index contributed by atoms with van der Waals surface area (Å²) >= 11 is 0. The van der Waals surface area contributed by atoms with Crippen molar-refractivity contribution in [3.63, 3.8) is 0 Å². The number of hydrogen-bond donors (Lipinski definition) is 0. The van der Waals surface area contributed by atoms with E-state index in [0.29, 0.717) is 0 Å². The van der Waals surface area contributed by atoms with Crippen LogP contribution in [-0.2, 0) is 0 Å². The maximum atomic E-state index is 2.38. The van der Waals surface area contributed by atoms with Gasteiger partial charge in [0.05, 0.1) is 26.2 Å². The number of hydrogen-bond acceptors (Lipinski definition) is 0. The Balaban J connectivity index is 0. The summed E-state index contributed by atoms with van der Waals surface area (Å²) in [6.45, 7) is 24.6. The molecular weight excluding hydrogens is 381 g/mol. The van der Waals surface area contributed by atoms with Gasteiger partial charge in [0.15, 0.2) is 0 Å². The van der Waals surface area contributed by atoms with Gasteiger partial charge in [-0.05, 0) is 49.4 Å². The molecule has 2 heteroatoms. The number of nitrogens with zero attached hydrogens (tertiary/aromatic N) is 1. The van der Waals surface area contributed by atoms with E-state index in [1.807, 2.05) is 0 Å². The maximum absolute atomic E-state index is 2.38. The molecule has 0 amide bonds. The molecule has 0 unspecified atom stereocenters. The molecule has 0 radical (unpaired) electrons. The standard InChI is InChI=1S/C20H44N.HI/c1-17(2)9-13-21(14-10-18(3)4,15-11-19(5)6)16-12-20(7)8;/h17-20H,9-16H2,1-8H3;1H/q+1;/p-1. The molecular formula is C20H44IN. The zero-order chi connectivity index (χ0) is 16.5. The van der Waals surface area contributed by atoms with Crippen molar-refractivity contribution in [1.29, 1.82) is 0 Å². The first-order valence-corrected chi connectivity index (χ1v) is 9.52. The van der Waals surface area contributed by atoms with Crippen LogP contribution >= 0.6 is 0 Å². The second kappa shape index (κ2) is 13.0. The summed E-state index contributed by atoms with van der Waals surface area (Å²) in [7, 11) is 0. The van der Waals surface area contributed by atoms with Crippen LogP contribution in [0.5, 0.6) is 0 Å². The first-order valence-electron chi connectivity index (χ1n) is 9.52. The maximum Gasteiger partial charge on any atom is 0.0789 e. The molecule has 0 saturated carbocycles. The van der Waals surface area contributed by atoms with E-state index < -0.39 is 0 Å². The van der Waals surface area contributed by atoms with Gasteiger partial charge in [-0.1, -0.05) is 55.4 Å². The Morgan fingerprint density at radius 2 is 0.636 bits per heavy atom. The summed E-state index contributed by atoms with van der Waals surface area (Å²) in [5.74, 6) is 3.33. The Hall–Kier alpha value is 0.690. The highest BCUT2D eigenvalue weighted by molar-refractivity contribution is 4.56. The van der Waals surface area contributed by atoms with Crippen molar-refractivity contribution >= 4 is 0 Å². The van der Waals surface area contributed by atoms with Gasteiger partial charge in [0.1, 0.15) is 0 Å². The van der Waals surface area contributed by atoms with Crippen molar-refractivity contribution in [2.45, 2.75) is 81.1 Å². The van der Waals surface area contributed by atoms with Crippen LogP contribution in [0, 0.1) is 23.7 Å². The lowest BCUT2D eigenvalue weighted by molar-refractivity contribution is -0.930. The predicted octanol–water partition coefficient (Wildman–Crippen LogP) is 2.99. The van der Waals surface area contributed by atoms with Crippen LogP contribution in [0.1, 0.15) is 81.1 Å². The quantitative estimate of drug-likeness (QED) is 0.333. The molecule has 1 nitrogen and oxygen atoms in total. The van der Waals surface area contributed by atoms with Crippen LogP contribution < -0.4 is 24.0 Å². The molecule has 0 aromatic carbocycles. The zero-order valence-electron chi connectivity index (χ0n) is 16.8. The lowest BCUT2D eigenvalue weighted by Crippen LogP contribution is -3.00. The predicted molar refractivity (Wildman–Crippen MR) is 97.5 cm³/mol. The lowest BCUT2D eigenvalue weighted by Gasteiger charge is -2.41. The molecule has 0 saturated heterocycles. The van der Waals surface area contributed by atoms with Gasteiger partial charge in [0, 0.05) is 0 Å². The highest BCUT2D eigenvalue weighted by Crippen LogP contribution is 2.21. The van der Waals surface area contributed by atoms with Gasteiger partial charge < -0.3 is 28.5 Å². The minimum absolute atomic E-state index is 0. The Labute approximate surface area is 159 Å². The molecule has 0 aromatic heterocycles. The van der Waals surface area contributed by atoms with Gasteiger partial charge in [-0.3, -0.25) is 0 Å². The molecule has 0 rings (SSSR count). The highest BCUT2D eigenvalue weighted by Gasteiger charge is 2.27. The first-order chi connectivity index (χ1) is 9.67. The van der Waals surface area contributed by atoms with E-state index in [-0.39, 0.29) is 24.0 Å². The number of rotatable bonds is 12. The fourth-order valence-corrected chi connectivity index (χ4v) is 2.80. The van der Waals surface area contributed by atoms with Crippen LogP contribution in [0.25, 0.3) is 0 Å². The fraction of sp³-hybridized carbons (Fsp3) is 1.00. The summed E-state index contributed by atoms with van der Waals surface area (Å²) in [6, 6.07) is 0. The SMILES string of the molecule is CC(C)CC[N+](CCC(C)C)(CCC(C)C)CCC(C)C.[I-]. The van der Waals surface area contributed by atoms with Gasteiger partial charge in [0.25, 0.3) is 0 Å². The summed E-state index contributed by atoms with van der Waals surface area (Å²) in [6.07, 6.45) is 5.53. The van der Waals surface area contributed by atoms with Crippen LogP contribution in [0.4, 0.5) is 0 Å². The molecule has 0 N–H and O–H groups in total. The Bertz CT molecular complexity index is 193. The molecule has 0 bridgehead atoms. The Kier molecular flexibility index (Phi) is 14.8. The van der Waals surface area contributed by atoms with E-state index in [1.165, 1.54) is 56.3 Å². The van der Waals surface area contributed by atoms with E-state index >= 15 is 0 Å². The van der Waals surface area contributed by atoms with Crippen molar-refractivity contribution < 1.29 is 28.5 Å². The van der Waals surface area contributed by atoms with E-state index in [1.54, 1.807) is 0 Å². The van der Waals surface area contributed by atoms with Crippen molar-refractivity contribution in [1.82, 2.24) is 0 Å². The zero-order valence-corrected chi connectivity index (χ0v) is 18.9. The van der Waals surface area contributed by atoms with Crippen LogP contribution in [0.2, 0.25) is 0 Å². The van der Waals surface area contributed by atoms with Crippen LogP contribution in [0.3, 0.4) is 0 Å². The summed E-state index contributed by atoms with van der Waals surface area (Å²) in [5, 5.41) is 0. The van der Waals surface area contributed by atoms with Crippen LogP contribution in [-0.4, -0.2) is 30.7 Å². The average molecular weight is 425 g/mol. The van der Waals surface area contributed by atoms with Gasteiger partial charge in [0.2, 0.25) is 0 Å². The first kappa shape index (κ1) is 24.9. The molecule has 0 aliphatic rings. The van der Waals surface area contributed by atoms with Crippen molar-refractivity contribution in [3.8, 4) is 0 Å². The van der Waals surface area contributed by atoms with Gasteiger partial charge in [-0.15, -0.1) is 0 Å². The molecule has 0 spiro atoms. The largest absolute Gasteiger partial charge is 1.00 e. The highest BCUT2D eigenvalue weighted by atomic mass is 127. The molecule has 0 fully saturated rings. The lowest BCUT2D eigenvalue weighted by atomic mass is 10.0. The summed E-state index contributed by atoms with van der Waals surface area (Å²) < 4.78 is 1.38. The van der Waals surface area contributed by atoms with Crippen LogP contribution in [0.15, 0.2) is 0 Å². The number of halogens is 1. The van der Waals surface area contributed by atoms with Gasteiger partial charge in [-0.2, -0.15) is 0 Å². The number of quaternary nitrogens is 1. The monoisotopic (exact) mass is 425 g/mol. The fourth-order valence-electron chi connectivity index (χ4n) is 2.80. The molecule has 0 atom stereocenters.